The molecule has 0 fully saturated rings. The third-order valence-electron chi connectivity index (χ3n) is 1.83. The number of aromatic hydroxyl groups is 1. The van der Waals surface area contributed by atoms with Crippen LogP contribution in [0.15, 0.2) is 18.2 Å². The normalized spacial score (nSPS) is 10.5. The van der Waals surface area contributed by atoms with E-state index in [2.05, 4.69) is 13.8 Å². The maximum Gasteiger partial charge on any atom is 0.122 e. The van der Waals surface area contributed by atoms with Gasteiger partial charge in [0.25, 0.3) is 0 Å². The van der Waals surface area contributed by atoms with Crippen LogP contribution in [0.3, 0.4) is 0 Å². The lowest BCUT2D eigenvalue weighted by Crippen LogP contribution is -1.94. The maximum atomic E-state index is 9.36. The van der Waals surface area contributed by atoms with Crippen LogP contribution in [0.5, 0.6) is 11.5 Å². The second-order valence-electron chi connectivity index (χ2n) is 3.64. The zero-order valence-corrected chi connectivity index (χ0v) is 8.37. The van der Waals surface area contributed by atoms with Crippen LogP contribution in [0.4, 0.5) is 0 Å². The number of hydrogen-bond acceptors (Lipinski definition) is 2. The Kier molecular flexibility index (Phi) is 3.18. The van der Waals surface area contributed by atoms with Crippen molar-refractivity contribution in [2.24, 2.45) is 5.92 Å². The average molecular weight is 180 g/mol. The van der Waals surface area contributed by atoms with Gasteiger partial charge in [0.1, 0.15) is 11.5 Å². The molecule has 0 radical (unpaired) electrons. The molecule has 1 aromatic carbocycles. The van der Waals surface area contributed by atoms with Crippen LogP contribution >= 0.6 is 0 Å². The fourth-order valence-corrected chi connectivity index (χ4v) is 1.35. The van der Waals surface area contributed by atoms with E-state index in [1.165, 1.54) is 0 Å². The second kappa shape index (κ2) is 4.17. The Hall–Kier alpha value is -1.18. The van der Waals surface area contributed by atoms with Gasteiger partial charge in [0.15, 0.2) is 0 Å². The monoisotopic (exact) mass is 180 g/mol. The summed E-state index contributed by atoms with van der Waals surface area (Å²) in [5.74, 6) is 1.58. The molecular weight excluding hydrogens is 164 g/mol. The Balaban J connectivity index is 2.88. The minimum Gasteiger partial charge on any atom is -0.508 e. The van der Waals surface area contributed by atoms with Gasteiger partial charge in [-0.15, -0.1) is 0 Å². The van der Waals surface area contributed by atoms with Crippen LogP contribution in [-0.2, 0) is 6.42 Å². The number of hydrogen-bond donors (Lipinski definition) is 1. The molecule has 1 N–H and O–H groups in total. The highest BCUT2D eigenvalue weighted by atomic mass is 16.5. The molecule has 2 nitrogen and oxygen atoms in total. The summed E-state index contributed by atoms with van der Waals surface area (Å²) >= 11 is 0. The summed E-state index contributed by atoms with van der Waals surface area (Å²) in [6.07, 6.45) is 0.963. The standard InChI is InChI=1S/C11H16O2/c1-8(2)4-9-5-10(12)7-11(6-9)13-3/h5-8,12H,4H2,1-3H3. The van der Waals surface area contributed by atoms with Crippen LogP contribution in [0.1, 0.15) is 19.4 Å². The summed E-state index contributed by atoms with van der Waals surface area (Å²) in [6, 6.07) is 5.35. The Morgan fingerprint density at radius 3 is 2.54 bits per heavy atom. The third-order valence-corrected chi connectivity index (χ3v) is 1.83. The summed E-state index contributed by atoms with van der Waals surface area (Å²) in [5.41, 5.74) is 1.12. The summed E-state index contributed by atoms with van der Waals surface area (Å²) in [4.78, 5) is 0. The summed E-state index contributed by atoms with van der Waals surface area (Å²) in [7, 11) is 1.61. The van der Waals surface area contributed by atoms with Crippen LogP contribution < -0.4 is 4.74 Å². The molecule has 0 saturated heterocycles. The van der Waals surface area contributed by atoms with Gasteiger partial charge in [-0.3, -0.25) is 0 Å². The summed E-state index contributed by atoms with van der Waals surface area (Å²) in [5, 5.41) is 9.36. The molecule has 0 unspecified atom stereocenters. The quantitative estimate of drug-likeness (QED) is 0.774. The van der Waals surface area contributed by atoms with Crippen LogP contribution in [0.2, 0.25) is 0 Å². The van der Waals surface area contributed by atoms with Crippen molar-refractivity contribution in [1.82, 2.24) is 0 Å². The van der Waals surface area contributed by atoms with Gasteiger partial charge in [-0.1, -0.05) is 13.8 Å². The minimum absolute atomic E-state index is 0.273. The molecule has 0 saturated carbocycles. The molecule has 13 heavy (non-hydrogen) atoms. The number of phenolic OH excluding ortho intramolecular Hbond substituents is 1. The van der Waals surface area contributed by atoms with Gasteiger partial charge < -0.3 is 9.84 Å². The van der Waals surface area contributed by atoms with E-state index in [0.29, 0.717) is 5.92 Å². The van der Waals surface area contributed by atoms with E-state index in [9.17, 15) is 5.11 Å². The van der Waals surface area contributed by atoms with Crippen molar-refractivity contribution in [2.75, 3.05) is 7.11 Å². The Bertz CT molecular complexity index is 279. The van der Waals surface area contributed by atoms with E-state index in [1.54, 1.807) is 19.2 Å². The first-order chi connectivity index (χ1) is 6.11. The van der Waals surface area contributed by atoms with Crippen molar-refractivity contribution >= 4 is 0 Å². The second-order valence-corrected chi connectivity index (χ2v) is 3.64. The molecular formula is C11H16O2. The van der Waals surface area contributed by atoms with Gasteiger partial charge in [0.05, 0.1) is 7.11 Å². The first-order valence-electron chi connectivity index (χ1n) is 4.48. The topological polar surface area (TPSA) is 29.5 Å². The molecule has 0 heterocycles. The lowest BCUT2D eigenvalue weighted by atomic mass is 10.0. The Morgan fingerprint density at radius 2 is 2.00 bits per heavy atom. The Labute approximate surface area is 79.2 Å². The molecule has 0 aliphatic carbocycles. The zero-order chi connectivity index (χ0) is 9.84. The molecule has 0 aliphatic rings. The third kappa shape index (κ3) is 2.98. The van der Waals surface area contributed by atoms with Crippen molar-refractivity contribution < 1.29 is 9.84 Å². The van der Waals surface area contributed by atoms with Crippen molar-refractivity contribution in [1.29, 1.82) is 0 Å². The minimum atomic E-state index is 0.273. The maximum absolute atomic E-state index is 9.36. The molecule has 1 aromatic rings. The van der Waals surface area contributed by atoms with Crippen LogP contribution in [-0.4, -0.2) is 12.2 Å². The van der Waals surface area contributed by atoms with E-state index in [-0.39, 0.29) is 5.75 Å². The molecule has 2 heteroatoms. The predicted molar refractivity (Wildman–Crippen MR) is 53.2 cm³/mol. The first kappa shape index (κ1) is 9.90. The molecule has 0 bridgehead atoms. The van der Waals surface area contributed by atoms with Gasteiger partial charge in [-0.2, -0.15) is 0 Å². The van der Waals surface area contributed by atoms with Crippen LogP contribution in [0, 0.1) is 5.92 Å². The van der Waals surface area contributed by atoms with Crippen molar-refractivity contribution in [2.45, 2.75) is 20.3 Å². The average Bonchev–Trinajstić information content (AvgIpc) is 2.01. The van der Waals surface area contributed by atoms with Crippen LogP contribution in [0.25, 0.3) is 0 Å². The lowest BCUT2D eigenvalue weighted by molar-refractivity contribution is 0.406. The van der Waals surface area contributed by atoms with E-state index < -0.39 is 0 Å². The number of ether oxygens (including phenoxy) is 1. The largest absolute Gasteiger partial charge is 0.508 e. The molecule has 0 atom stereocenters. The molecule has 72 valence electrons. The fraction of sp³-hybridized carbons (Fsp3) is 0.455. The number of phenols is 1. The lowest BCUT2D eigenvalue weighted by Gasteiger charge is -2.07. The van der Waals surface area contributed by atoms with Gasteiger partial charge in [0, 0.05) is 6.07 Å². The highest BCUT2D eigenvalue weighted by Gasteiger charge is 2.02. The van der Waals surface area contributed by atoms with Gasteiger partial charge in [0.2, 0.25) is 0 Å². The molecule has 0 spiro atoms. The molecule has 1 rings (SSSR count). The smallest absolute Gasteiger partial charge is 0.122 e. The van der Waals surface area contributed by atoms with E-state index in [1.807, 2.05) is 6.07 Å². The number of methoxy groups -OCH3 is 1. The molecule has 0 amide bonds. The summed E-state index contributed by atoms with van der Waals surface area (Å²) < 4.78 is 5.06. The van der Waals surface area contributed by atoms with E-state index in [0.717, 1.165) is 17.7 Å². The highest BCUT2D eigenvalue weighted by molar-refractivity contribution is 5.37. The number of benzene rings is 1. The van der Waals surface area contributed by atoms with Gasteiger partial charge in [-0.25, -0.2) is 0 Å². The van der Waals surface area contributed by atoms with Crippen molar-refractivity contribution in [3.8, 4) is 11.5 Å². The van der Waals surface area contributed by atoms with E-state index in [4.69, 9.17) is 4.74 Å². The first-order valence-corrected chi connectivity index (χ1v) is 4.48. The summed E-state index contributed by atoms with van der Waals surface area (Å²) in [6.45, 7) is 4.30. The SMILES string of the molecule is COc1cc(O)cc(CC(C)C)c1. The Morgan fingerprint density at radius 1 is 1.31 bits per heavy atom. The zero-order valence-electron chi connectivity index (χ0n) is 8.37. The van der Waals surface area contributed by atoms with E-state index >= 15 is 0 Å². The highest BCUT2D eigenvalue weighted by Crippen LogP contribution is 2.22. The van der Waals surface area contributed by atoms with Gasteiger partial charge in [-0.05, 0) is 30.0 Å². The predicted octanol–water partition coefficient (Wildman–Crippen LogP) is 2.60. The molecule has 0 aliphatic heterocycles. The van der Waals surface area contributed by atoms with Crippen molar-refractivity contribution in [3.63, 3.8) is 0 Å². The van der Waals surface area contributed by atoms with Crippen molar-refractivity contribution in [3.05, 3.63) is 23.8 Å². The number of rotatable bonds is 3. The van der Waals surface area contributed by atoms with Gasteiger partial charge >= 0.3 is 0 Å². The molecule has 0 aromatic heterocycles. The fourth-order valence-electron chi connectivity index (χ4n) is 1.35.